The van der Waals surface area contributed by atoms with Crippen molar-refractivity contribution >= 4 is 12.0 Å². The Bertz CT molecular complexity index is 661. The van der Waals surface area contributed by atoms with Crippen LogP contribution in [0, 0.1) is 6.92 Å². The van der Waals surface area contributed by atoms with Crippen molar-refractivity contribution in [3.63, 3.8) is 0 Å². The second kappa shape index (κ2) is 7.05. The predicted octanol–water partition coefficient (Wildman–Crippen LogP) is 0.455. The lowest BCUT2D eigenvalue weighted by atomic mass is 9.94. The highest BCUT2D eigenvalue weighted by Crippen LogP contribution is 2.27. The van der Waals surface area contributed by atoms with Crippen LogP contribution in [0.2, 0.25) is 0 Å². The van der Waals surface area contributed by atoms with Gasteiger partial charge < -0.3 is 20.3 Å². The highest BCUT2D eigenvalue weighted by Gasteiger charge is 2.35. The summed E-state index contributed by atoms with van der Waals surface area (Å²) >= 11 is 0. The van der Waals surface area contributed by atoms with Crippen LogP contribution in [0.25, 0.3) is 0 Å². The smallest absolute Gasteiger partial charge is 0.338 e. The number of quaternary nitrogens is 1. The number of amides is 2. The van der Waals surface area contributed by atoms with Gasteiger partial charge in [0.1, 0.15) is 6.54 Å². The molecule has 1 atom stereocenters. The van der Waals surface area contributed by atoms with E-state index in [2.05, 4.69) is 10.6 Å². The van der Waals surface area contributed by atoms with Crippen molar-refractivity contribution in [3.05, 3.63) is 46.7 Å². The molecule has 1 saturated heterocycles. The minimum Gasteiger partial charge on any atom is -0.466 e. The zero-order chi connectivity index (χ0) is 17.1. The second-order valence-electron chi connectivity index (χ2n) is 6.46. The van der Waals surface area contributed by atoms with Gasteiger partial charge in [-0.25, -0.2) is 9.59 Å². The number of nitrogens with one attached hydrogen (secondary N) is 3. The van der Waals surface area contributed by atoms with Crippen molar-refractivity contribution in [2.75, 3.05) is 26.7 Å². The van der Waals surface area contributed by atoms with E-state index in [1.54, 1.807) is 0 Å². The summed E-state index contributed by atoms with van der Waals surface area (Å²) in [5.74, 6) is -0.401. The Kier molecular flexibility index (Phi) is 4.85. The summed E-state index contributed by atoms with van der Waals surface area (Å²) in [7, 11) is 1.37. The Labute approximate surface area is 141 Å². The van der Waals surface area contributed by atoms with Crippen molar-refractivity contribution in [2.24, 2.45) is 0 Å². The zero-order valence-electron chi connectivity index (χ0n) is 14.1. The van der Waals surface area contributed by atoms with Crippen molar-refractivity contribution in [3.8, 4) is 0 Å². The fourth-order valence-corrected chi connectivity index (χ4v) is 3.42. The zero-order valence-corrected chi connectivity index (χ0v) is 14.1. The topological polar surface area (TPSA) is 71.9 Å². The molecule has 2 heterocycles. The molecule has 0 spiro atoms. The Hall–Kier alpha value is -2.34. The van der Waals surface area contributed by atoms with Gasteiger partial charge in [-0.05, 0) is 12.5 Å². The number of carbonyl (C=O) groups excluding carboxylic acids is 2. The van der Waals surface area contributed by atoms with Crippen molar-refractivity contribution in [2.45, 2.75) is 25.8 Å². The summed E-state index contributed by atoms with van der Waals surface area (Å²) < 4.78 is 5.00. The number of carbonyl (C=O) groups is 2. The monoisotopic (exact) mass is 330 g/mol. The molecule has 2 amide bonds. The Balaban J connectivity index is 1.99. The van der Waals surface area contributed by atoms with Crippen LogP contribution in [0.3, 0.4) is 0 Å². The third-order valence-corrected chi connectivity index (χ3v) is 4.71. The van der Waals surface area contributed by atoms with Gasteiger partial charge in [0.05, 0.1) is 37.5 Å². The minimum absolute atomic E-state index is 0.276. The third kappa shape index (κ3) is 3.43. The molecule has 1 aromatic rings. The molecule has 1 aromatic carbocycles. The largest absolute Gasteiger partial charge is 0.466 e. The van der Waals surface area contributed by atoms with Crippen LogP contribution in [-0.4, -0.2) is 38.7 Å². The molecular formula is C18H24N3O3+. The fourth-order valence-electron chi connectivity index (χ4n) is 3.42. The van der Waals surface area contributed by atoms with Gasteiger partial charge in [0, 0.05) is 12.8 Å². The Morgan fingerprint density at radius 2 is 1.92 bits per heavy atom. The number of ether oxygens (including phenoxy) is 1. The van der Waals surface area contributed by atoms with E-state index in [1.165, 1.54) is 24.9 Å². The van der Waals surface area contributed by atoms with Crippen LogP contribution in [0.5, 0.6) is 0 Å². The maximum absolute atomic E-state index is 12.4. The maximum atomic E-state index is 12.4. The Morgan fingerprint density at radius 3 is 2.54 bits per heavy atom. The van der Waals surface area contributed by atoms with E-state index in [0.717, 1.165) is 24.2 Å². The maximum Gasteiger partial charge on any atom is 0.338 e. The molecule has 128 valence electrons. The number of aryl methyl sites for hydroxylation is 1. The average molecular weight is 330 g/mol. The van der Waals surface area contributed by atoms with E-state index in [9.17, 15) is 9.59 Å². The molecule has 3 N–H and O–H groups in total. The van der Waals surface area contributed by atoms with Crippen LogP contribution < -0.4 is 15.5 Å². The van der Waals surface area contributed by atoms with E-state index in [1.807, 2.05) is 31.2 Å². The summed E-state index contributed by atoms with van der Waals surface area (Å²) in [6, 6.07) is 7.07. The molecule has 0 saturated carbocycles. The van der Waals surface area contributed by atoms with Gasteiger partial charge in [0.25, 0.3) is 0 Å². The normalized spacial score (nSPS) is 21.4. The van der Waals surface area contributed by atoms with Gasteiger partial charge in [-0.15, -0.1) is 0 Å². The molecule has 0 aromatic heterocycles. The number of hydrogen-bond acceptors (Lipinski definition) is 3. The molecule has 0 bridgehead atoms. The van der Waals surface area contributed by atoms with Crippen LogP contribution >= 0.6 is 0 Å². The molecule has 6 heteroatoms. The SMILES string of the molecule is COC(=O)C1=C(C[NH+]2CCCC2)NC(=O)N[C@@H]1c1ccc(C)cc1. The summed E-state index contributed by atoms with van der Waals surface area (Å²) in [5, 5.41) is 5.68. The quantitative estimate of drug-likeness (QED) is 0.702. The van der Waals surface area contributed by atoms with E-state index >= 15 is 0 Å². The predicted molar refractivity (Wildman–Crippen MR) is 89.4 cm³/mol. The van der Waals surface area contributed by atoms with E-state index < -0.39 is 12.0 Å². The van der Waals surface area contributed by atoms with Gasteiger partial charge >= 0.3 is 12.0 Å². The third-order valence-electron chi connectivity index (χ3n) is 4.71. The lowest BCUT2D eigenvalue weighted by molar-refractivity contribution is -0.882. The average Bonchev–Trinajstić information content (AvgIpc) is 3.07. The molecule has 2 aliphatic heterocycles. The molecule has 6 nitrogen and oxygen atoms in total. The standard InChI is InChI=1S/C18H23N3O3/c1-12-5-7-13(8-6-12)16-15(17(22)24-2)14(19-18(23)20-16)11-21-9-3-4-10-21/h5-8,16H,3-4,9-11H2,1-2H3,(H2,19,20,23)/p+1/t16-/m1/s1. The fraction of sp³-hybridized carbons (Fsp3) is 0.444. The number of methoxy groups -OCH3 is 1. The number of benzene rings is 1. The van der Waals surface area contributed by atoms with E-state index in [-0.39, 0.29) is 6.03 Å². The molecule has 24 heavy (non-hydrogen) atoms. The van der Waals surface area contributed by atoms with E-state index in [0.29, 0.717) is 17.8 Å². The van der Waals surface area contributed by atoms with Gasteiger partial charge in [-0.2, -0.15) is 0 Å². The number of rotatable bonds is 4. The molecule has 0 aliphatic carbocycles. The first kappa shape index (κ1) is 16.5. The lowest BCUT2D eigenvalue weighted by Gasteiger charge is -2.29. The van der Waals surface area contributed by atoms with Gasteiger partial charge in [-0.1, -0.05) is 29.8 Å². The first-order valence-corrected chi connectivity index (χ1v) is 8.37. The molecule has 1 fully saturated rings. The number of esters is 1. The van der Waals surface area contributed by atoms with E-state index in [4.69, 9.17) is 4.74 Å². The summed E-state index contributed by atoms with van der Waals surface area (Å²) in [4.78, 5) is 25.9. The Morgan fingerprint density at radius 1 is 1.25 bits per heavy atom. The molecule has 0 unspecified atom stereocenters. The summed E-state index contributed by atoms with van der Waals surface area (Å²) in [6.07, 6.45) is 2.37. The van der Waals surface area contributed by atoms with Crippen molar-refractivity contribution in [1.82, 2.24) is 10.6 Å². The summed E-state index contributed by atoms with van der Waals surface area (Å²) in [5.41, 5.74) is 3.18. The van der Waals surface area contributed by atoms with Gasteiger partial charge in [-0.3, -0.25) is 0 Å². The highest BCUT2D eigenvalue weighted by atomic mass is 16.5. The highest BCUT2D eigenvalue weighted by molar-refractivity contribution is 5.95. The minimum atomic E-state index is -0.483. The first-order chi connectivity index (χ1) is 11.6. The van der Waals surface area contributed by atoms with Crippen LogP contribution in [0.1, 0.15) is 30.0 Å². The van der Waals surface area contributed by atoms with Crippen molar-refractivity contribution in [1.29, 1.82) is 0 Å². The number of likely N-dealkylation sites (tertiary alicyclic amines) is 1. The molecular weight excluding hydrogens is 306 g/mol. The first-order valence-electron chi connectivity index (χ1n) is 8.37. The lowest BCUT2D eigenvalue weighted by Crippen LogP contribution is -3.10. The molecule has 0 radical (unpaired) electrons. The summed E-state index contributed by atoms with van der Waals surface area (Å²) in [6.45, 7) is 4.77. The molecule has 2 aliphatic rings. The van der Waals surface area contributed by atoms with Crippen LogP contribution in [0.4, 0.5) is 4.79 Å². The van der Waals surface area contributed by atoms with Crippen LogP contribution in [-0.2, 0) is 9.53 Å². The van der Waals surface area contributed by atoms with Gasteiger partial charge in [0.2, 0.25) is 0 Å². The number of urea groups is 1. The van der Waals surface area contributed by atoms with Crippen molar-refractivity contribution < 1.29 is 19.2 Å². The number of hydrogen-bond donors (Lipinski definition) is 3. The second-order valence-corrected chi connectivity index (χ2v) is 6.46. The molecule has 3 rings (SSSR count). The van der Waals surface area contributed by atoms with Crippen LogP contribution in [0.15, 0.2) is 35.5 Å². The van der Waals surface area contributed by atoms with Gasteiger partial charge in [0.15, 0.2) is 0 Å².